The van der Waals surface area contributed by atoms with Gasteiger partial charge >= 0.3 is 0 Å². The number of nitrogens with one attached hydrogen (secondary N) is 3. The third-order valence-corrected chi connectivity index (χ3v) is 3.93. The van der Waals surface area contributed by atoms with Gasteiger partial charge in [-0.05, 0) is 36.4 Å². The lowest BCUT2D eigenvalue weighted by atomic mass is 10.1. The average molecular weight is 374 g/mol. The van der Waals surface area contributed by atoms with Crippen molar-refractivity contribution in [2.75, 3.05) is 0 Å². The van der Waals surface area contributed by atoms with Gasteiger partial charge in [0.2, 0.25) is 0 Å². The van der Waals surface area contributed by atoms with E-state index < -0.39 is 0 Å². The fourth-order valence-corrected chi connectivity index (χ4v) is 2.60. The number of hydrogen-bond acceptors (Lipinski definition) is 4. The molecule has 0 saturated heterocycles. The molecule has 1 aromatic carbocycles. The number of aromatic nitrogens is 3. The predicted molar refractivity (Wildman–Crippen MR) is 97.9 cm³/mol. The van der Waals surface area contributed by atoms with Crippen molar-refractivity contribution in [3.05, 3.63) is 76.7 Å². The van der Waals surface area contributed by atoms with E-state index in [0.717, 1.165) is 5.56 Å². The van der Waals surface area contributed by atoms with Crippen LogP contribution in [0.15, 0.2) is 55.4 Å². The molecule has 25 heavy (non-hydrogen) atoms. The van der Waals surface area contributed by atoms with Crippen molar-refractivity contribution >= 4 is 34.8 Å². The van der Waals surface area contributed by atoms with Gasteiger partial charge in [-0.3, -0.25) is 25.7 Å². The Balaban J connectivity index is 1.68. The van der Waals surface area contributed by atoms with E-state index in [-0.39, 0.29) is 11.6 Å². The molecule has 0 unspecified atom stereocenters. The summed E-state index contributed by atoms with van der Waals surface area (Å²) in [6.45, 7) is 3.85. The third-order valence-electron chi connectivity index (χ3n) is 3.39. The van der Waals surface area contributed by atoms with E-state index in [4.69, 9.17) is 23.2 Å². The summed E-state index contributed by atoms with van der Waals surface area (Å²) < 4.78 is 0. The zero-order valence-corrected chi connectivity index (χ0v) is 14.4. The number of benzene rings is 1. The summed E-state index contributed by atoms with van der Waals surface area (Å²) in [4.78, 5) is 16.1. The largest absolute Gasteiger partial charge is 0.298 e. The van der Waals surface area contributed by atoms with E-state index in [2.05, 4.69) is 32.6 Å². The second-order valence-corrected chi connectivity index (χ2v) is 5.93. The van der Waals surface area contributed by atoms with Crippen LogP contribution in [0.25, 0.3) is 17.0 Å². The Morgan fingerprint density at radius 3 is 2.56 bits per heavy atom. The quantitative estimate of drug-likeness (QED) is 0.595. The summed E-state index contributed by atoms with van der Waals surface area (Å²) in [5, 5.41) is 7.77. The van der Waals surface area contributed by atoms with Crippen LogP contribution in [-0.2, 0) is 0 Å². The van der Waals surface area contributed by atoms with Gasteiger partial charge in [-0.2, -0.15) is 5.10 Å². The molecular weight excluding hydrogens is 361 g/mol. The first-order valence-corrected chi connectivity index (χ1v) is 7.96. The summed E-state index contributed by atoms with van der Waals surface area (Å²) in [6.07, 6.45) is 3.28. The molecule has 0 atom stereocenters. The minimum Gasteiger partial charge on any atom is -0.298 e. The molecule has 0 fully saturated rings. The standard InChI is InChI=1S/C17H13Cl2N5O/c1-10(11-4-6-20-7-5-11)21-24-17(25)16-9-15(22-23-16)13-3-2-12(18)8-14(13)19/h2-9,21H,1H2,(H,22,23)(H,24,25). The van der Waals surface area contributed by atoms with Gasteiger partial charge in [0.25, 0.3) is 5.91 Å². The van der Waals surface area contributed by atoms with E-state index in [9.17, 15) is 4.79 Å². The van der Waals surface area contributed by atoms with Crippen molar-refractivity contribution in [1.82, 2.24) is 26.0 Å². The molecule has 0 aliphatic carbocycles. The molecule has 6 nitrogen and oxygen atoms in total. The first kappa shape index (κ1) is 17.0. The van der Waals surface area contributed by atoms with Crippen molar-refractivity contribution in [3.8, 4) is 11.3 Å². The number of hydrazine groups is 1. The lowest BCUT2D eigenvalue weighted by Gasteiger charge is -2.09. The number of carbonyl (C=O) groups is 1. The molecule has 1 amide bonds. The molecule has 0 bridgehead atoms. The van der Waals surface area contributed by atoms with Crippen LogP contribution in [0.5, 0.6) is 0 Å². The number of pyridine rings is 1. The van der Waals surface area contributed by atoms with E-state index in [1.807, 2.05) is 0 Å². The maximum absolute atomic E-state index is 12.2. The Morgan fingerprint density at radius 2 is 1.84 bits per heavy atom. The molecule has 0 aliphatic rings. The number of carbonyl (C=O) groups excluding carboxylic acids is 1. The van der Waals surface area contributed by atoms with Gasteiger partial charge < -0.3 is 0 Å². The first-order chi connectivity index (χ1) is 12.0. The number of rotatable bonds is 5. The highest BCUT2D eigenvalue weighted by molar-refractivity contribution is 6.36. The van der Waals surface area contributed by atoms with Crippen LogP contribution >= 0.6 is 23.2 Å². The Morgan fingerprint density at radius 1 is 1.08 bits per heavy atom. The normalized spacial score (nSPS) is 10.3. The van der Waals surface area contributed by atoms with Crippen molar-refractivity contribution in [1.29, 1.82) is 0 Å². The highest BCUT2D eigenvalue weighted by Crippen LogP contribution is 2.29. The van der Waals surface area contributed by atoms with E-state index in [1.54, 1.807) is 48.8 Å². The molecule has 3 aromatic rings. The first-order valence-electron chi connectivity index (χ1n) is 7.21. The highest BCUT2D eigenvalue weighted by atomic mass is 35.5. The molecule has 8 heteroatoms. The molecule has 3 rings (SSSR count). The summed E-state index contributed by atoms with van der Waals surface area (Å²) in [5.74, 6) is -0.390. The van der Waals surface area contributed by atoms with Crippen LogP contribution in [0, 0.1) is 0 Å². The maximum atomic E-state index is 12.2. The molecule has 126 valence electrons. The minimum absolute atomic E-state index is 0.274. The van der Waals surface area contributed by atoms with Crippen molar-refractivity contribution in [2.45, 2.75) is 0 Å². The summed E-state index contributed by atoms with van der Waals surface area (Å²) >= 11 is 12.0. The number of H-pyrrole nitrogens is 1. The fraction of sp³-hybridized carbons (Fsp3) is 0. The van der Waals surface area contributed by atoms with Gasteiger partial charge in [-0.1, -0.05) is 29.8 Å². The zero-order chi connectivity index (χ0) is 17.8. The maximum Gasteiger partial charge on any atom is 0.287 e. The predicted octanol–water partition coefficient (Wildman–Crippen LogP) is 3.68. The number of nitrogens with zero attached hydrogens (tertiary/aromatic N) is 2. The SMILES string of the molecule is C=C(NNC(=O)c1cc(-c2ccc(Cl)cc2Cl)n[nH]1)c1ccncc1. The van der Waals surface area contributed by atoms with E-state index in [0.29, 0.717) is 27.0 Å². The third kappa shape index (κ3) is 3.99. The van der Waals surface area contributed by atoms with Gasteiger partial charge in [-0.15, -0.1) is 0 Å². The second-order valence-electron chi connectivity index (χ2n) is 5.08. The smallest absolute Gasteiger partial charge is 0.287 e. The zero-order valence-electron chi connectivity index (χ0n) is 12.9. The number of halogens is 2. The Kier molecular flexibility index (Phi) is 5.02. The van der Waals surface area contributed by atoms with Crippen molar-refractivity contribution < 1.29 is 4.79 Å². The molecule has 0 radical (unpaired) electrons. The van der Waals surface area contributed by atoms with Crippen molar-refractivity contribution in [2.24, 2.45) is 0 Å². The van der Waals surface area contributed by atoms with Crippen LogP contribution in [0.3, 0.4) is 0 Å². The molecule has 2 aromatic heterocycles. The fourth-order valence-electron chi connectivity index (χ4n) is 2.10. The summed E-state index contributed by atoms with van der Waals surface area (Å²) in [5.41, 5.74) is 8.15. The molecule has 0 saturated carbocycles. The van der Waals surface area contributed by atoms with Gasteiger partial charge in [0.1, 0.15) is 5.69 Å². The average Bonchev–Trinajstić information content (AvgIpc) is 3.10. The van der Waals surface area contributed by atoms with Crippen LogP contribution < -0.4 is 10.9 Å². The van der Waals surface area contributed by atoms with Crippen LogP contribution in [0.2, 0.25) is 10.0 Å². The van der Waals surface area contributed by atoms with Crippen LogP contribution in [-0.4, -0.2) is 21.1 Å². The Bertz CT molecular complexity index is 924. The highest BCUT2D eigenvalue weighted by Gasteiger charge is 2.13. The van der Waals surface area contributed by atoms with Gasteiger partial charge in [0.05, 0.1) is 16.4 Å². The second kappa shape index (κ2) is 7.38. The molecule has 3 N–H and O–H groups in total. The number of hydrogen-bond donors (Lipinski definition) is 3. The van der Waals surface area contributed by atoms with Crippen molar-refractivity contribution in [3.63, 3.8) is 0 Å². The summed E-state index contributed by atoms with van der Waals surface area (Å²) in [6, 6.07) is 10.2. The molecule has 2 heterocycles. The van der Waals surface area contributed by atoms with E-state index >= 15 is 0 Å². The van der Waals surface area contributed by atoms with Gasteiger partial charge in [0, 0.05) is 28.5 Å². The lowest BCUT2D eigenvalue weighted by molar-refractivity contribution is 0.0937. The van der Waals surface area contributed by atoms with Gasteiger partial charge in [0.15, 0.2) is 0 Å². The summed E-state index contributed by atoms with van der Waals surface area (Å²) in [7, 11) is 0. The van der Waals surface area contributed by atoms with E-state index in [1.165, 1.54) is 0 Å². The lowest BCUT2D eigenvalue weighted by Crippen LogP contribution is -2.36. The monoisotopic (exact) mass is 373 g/mol. The Hall–Kier alpha value is -2.83. The molecule has 0 spiro atoms. The number of aromatic amines is 1. The van der Waals surface area contributed by atoms with Gasteiger partial charge in [-0.25, -0.2) is 0 Å². The minimum atomic E-state index is -0.390. The van der Waals surface area contributed by atoms with Crippen LogP contribution in [0.4, 0.5) is 0 Å². The number of amides is 1. The topological polar surface area (TPSA) is 82.7 Å². The van der Waals surface area contributed by atoms with Crippen LogP contribution in [0.1, 0.15) is 16.1 Å². The Labute approximate surface area is 153 Å². The molecular formula is C17H13Cl2N5O. The molecule has 0 aliphatic heterocycles.